The smallest absolute Gasteiger partial charge is 0.258 e. The third-order valence-corrected chi connectivity index (χ3v) is 9.12. The van der Waals surface area contributed by atoms with Crippen molar-refractivity contribution in [2.45, 2.75) is 19.8 Å². The summed E-state index contributed by atoms with van der Waals surface area (Å²) in [5, 5.41) is 6.87. The molecule has 3 aromatic carbocycles. The molecule has 3 rings (SSSR count). The normalized spacial score (nSPS) is 10.8. The van der Waals surface area contributed by atoms with Gasteiger partial charge in [0.05, 0.1) is 0 Å². The summed E-state index contributed by atoms with van der Waals surface area (Å²) < 4.78 is 0. The van der Waals surface area contributed by atoms with E-state index in [2.05, 4.69) is 85.0 Å². The topological polar surface area (TPSA) is 29.1 Å². The Morgan fingerprint density at radius 3 is 1.50 bits per heavy atom. The average Bonchev–Trinajstić information content (AvgIpc) is 2.74. The predicted molar refractivity (Wildman–Crippen MR) is 118 cm³/mol. The fourth-order valence-corrected chi connectivity index (χ4v) is 7.47. The molecule has 3 aromatic rings. The molecule has 0 atom stereocenters. The van der Waals surface area contributed by atoms with E-state index in [1.807, 2.05) is 18.2 Å². The Kier molecular flexibility index (Phi) is 8.70. The Bertz CT molecular complexity index is 744. The fraction of sp³-hybridized carbons (Fsp3) is 0.208. The molecule has 0 aliphatic rings. The summed E-state index contributed by atoms with van der Waals surface area (Å²) >= 11 is 0. The van der Waals surface area contributed by atoms with Gasteiger partial charge in [0, 0.05) is 6.54 Å². The molecule has 1 amide bonds. The van der Waals surface area contributed by atoms with Gasteiger partial charge in [-0.25, -0.2) is 0 Å². The minimum atomic E-state index is -2.07. The van der Waals surface area contributed by atoms with Crippen LogP contribution in [0.15, 0.2) is 91.0 Å². The lowest BCUT2D eigenvalue weighted by Gasteiger charge is -2.27. The van der Waals surface area contributed by atoms with Gasteiger partial charge in [-0.2, -0.15) is 0 Å². The van der Waals surface area contributed by atoms with Gasteiger partial charge in [-0.05, 0) is 42.8 Å². The number of amides is 1. The van der Waals surface area contributed by atoms with E-state index in [1.54, 1.807) is 0 Å². The van der Waals surface area contributed by atoms with Crippen molar-refractivity contribution in [2.75, 3.05) is 12.7 Å². The lowest BCUT2D eigenvalue weighted by molar-refractivity contribution is -0.118. The first-order chi connectivity index (χ1) is 13.3. The van der Waals surface area contributed by atoms with E-state index in [4.69, 9.17) is 0 Å². The predicted octanol–water partition coefficient (Wildman–Crippen LogP) is 0.901. The second kappa shape index (κ2) is 11.0. The summed E-state index contributed by atoms with van der Waals surface area (Å²) in [4.78, 5) is 13.0. The average molecular weight is 412 g/mol. The monoisotopic (exact) mass is 411 g/mol. The standard InChI is InChI=1S/C24H26NOP.ClH/c1-2-3-19-25-24(26)20-27(21-13-7-4-8-14-21,22-15-9-5-10-16-22)23-17-11-6-12-18-23;/h4-18H,2-3,19-20H2,1H3;1H. The van der Waals surface area contributed by atoms with Gasteiger partial charge in [0.2, 0.25) is 0 Å². The number of nitrogens with one attached hydrogen (secondary N) is 1. The number of halogens is 1. The molecule has 4 heteroatoms. The Balaban J connectivity index is 0.00000280. The van der Waals surface area contributed by atoms with Gasteiger partial charge < -0.3 is 17.7 Å². The minimum absolute atomic E-state index is 0. The molecule has 0 saturated carbocycles. The zero-order valence-electron chi connectivity index (χ0n) is 16.2. The molecule has 0 saturated heterocycles. The summed E-state index contributed by atoms with van der Waals surface area (Å²) in [5.41, 5.74) is 0. The van der Waals surface area contributed by atoms with E-state index in [9.17, 15) is 4.79 Å². The van der Waals surface area contributed by atoms with Gasteiger partial charge in [0.15, 0.2) is 6.16 Å². The highest BCUT2D eigenvalue weighted by Gasteiger charge is 2.47. The Morgan fingerprint density at radius 1 is 0.750 bits per heavy atom. The van der Waals surface area contributed by atoms with Crippen molar-refractivity contribution in [3.63, 3.8) is 0 Å². The highest BCUT2D eigenvalue weighted by atomic mass is 35.5. The second-order valence-corrected chi connectivity index (χ2v) is 10.2. The molecular formula is C24H27ClNOP. The summed E-state index contributed by atoms with van der Waals surface area (Å²) in [7, 11) is -2.07. The van der Waals surface area contributed by atoms with Crippen molar-refractivity contribution in [3.8, 4) is 0 Å². The van der Waals surface area contributed by atoms with Gasteiger partial charge in [-0.3, -0.25) is 4.79 Å². The highest BCUT2D eigenvalue weighted by Crippen LogP contribution is 2.54. The van der Waals surface area contributed by atoms with Gasteiger partial charge >= 0.3 is 0 Å². The maximum absolute atomic E-state index is 13.0. The molecule has 2 nitrogen and oxygen atoms in total. The first kappa shape index (κ1) is 22.1. The van der Waals surface area contributed by atoms with E-state index in [-0.39, 0.29) is 18.3 Å². The first-order valence-corrected chi connectivity index (χ1v) is 11.6. The summed E-state index contributed by atoms with van der Waals surface area (Å²) in [6.07, 6.45) is 2.59. The maximum Gasteiger partial charge on any atom is 0.258 e. The maximum atomic E-state index is 13.0. The zero-order valence-corrected chi connectivity index (χ0v) is 17.9. The van der Waals surface area contributed by atoms with Crippen LogP contribution in [0.1, 0.15) is 19.8 Å². The highest BCUT2D eigenvalue weighted by molar-refractivity contribution is 7.96. The fourth-order valence-electron chi connectivity index (χ4n) is 3.44. The molecule has 0 spiro atoms. The number of carbonyl (C=O) groups excluding carboxylic acids is 1. The van der Waals surface area contributed by atoms with Crippen molar-refractivity contribution in [3.05, 3.63) is 91.0 Å². The molecule has 0 aliphatic carbocycles. The third kappa shape index (κ3) is 5.01. The summed E-state index contributed by atoms with van der Waals surface area (Å²) in [6.45, 7) is 2.88. The van der Waals surface area contributed by atoms with Gasteiger partial charge in [-0.15, -0.1) is 0 Å². The van der Waals surface area contributed by atoms with Crippen LogP contribution >= 0.6 is 7.26 Å². The van der Waals surface area contributed by atoms with E-state index in [0.717, 1.165) is 19.4 Å². The number of carbonyl (C=O) groups is 1. The molecule has 28 heavy (non-hydrogen) atoms. The van der Waals surface area contributed by atoms with Crippen molar-refractivity contribution >= 4 is 29.1 Å². The second-order valence-electron chi connectivity index (χ2n) is 6.68. The molecule has 0 aromatic heterocycles. The van der Waals surface area contributed by atoms with E-state index < -0.39 is 7.26 Å². The van der Waals surface area contributed by atoms with E-state index >= 15 is 0 Å². The Morgan fingerprint density at radius 2 is 1.14 bits per heavy atom. The van der Waals surface area contributed by atoms with Crippen LogP contribution in [0, 0.1) is 0 Å². The Hall–Kier alpha value is -2.15. The number of unbranched alkanes of at least 4 members (excludes halogenated alkanes) is 1. The number of rotatable bonds is 8. The number of hydrogen-bond donors (Lipinski definition) is 1. The van der Waals surface area contributed by atoms with Crippen molar-refractivity contribution < 1.29 is 17.2 Å². The summed E-state index contributed by atoms with van der Waals surface area (Å²) in [6, 6.07) is 31.6. The molecule has 1 N–H and O–H groups in total. The van der Waals surface area contributed by atoms with Gasteiger partial charge in [0.1, 0.15) is 23.2 Å². The van der Waals surface area contributed by atoms with Crippen LogP contribution < -0.4 is 33.6 Å². The molecule has 0 unspecified atom stereocenters. The molecule has 0 bridgehead atoms. The summed E-state index contributed by atoms with van der Waals surface area (Å²) in [5.74, 6) is 0.133. The number of hydrogen-bond acceptors (Lipinski definition) is 1. The van der Waals surface area contributed by atoms with Gasteiger partial charge in [-0.1, -0.05) is 67.9 Å². The minimum Gasteiger partial charge on any atom is -1.00 e. The van der Waals surface area contributed by atoms with Crippen LogP contribution in [0.4, 0.5) is 0 Å². The first-order valence-electron chi connectivity index (χ1n) is 9.59. The van der Waals surface area contributed by atoms with Gasteiger partial charge in [0.25, 0.3) is 5.91 Å². The SMILES string of the molecule is CCCCNC(=O)C[P+](c1ccccc1)(c1ccccc1)c1ccccc1.[Cl-]. The quantitative estimate of drug-likeness (QED) is 0.433. The lowest BCUT2D eigenvalue weighted by atomic mass is 10.3. The van der Waals surface area contributed by atoms with Crippen LogP contribution in [0.5, 0.6) is 0 Å². The van der Waals surface area contributed by atoms with Crippen LogP contribution in [-0.2, 0) is 4.79 Å². The van der Waals surface area contributed by atoms with E-state index in [0.29, 0.717) is 6.16 Å². The number of benzene rings is 3. The van der Waals surface area contributed by atoms with Crippen LogP contribution in [0.2, 0.25) is 0 Å². The Labute approximate surface area is 175 Å². The molecule has 0 aliphatic heterocycles. The molecule has 0 heterocycles. The largest absolute Gasteiger partial charge is 1.00 e. The van der Waals surface area contributed by atoms with Crippen LogP contribution in [0.3, 0.4) is 0 Å². The van der Waals surface area contributed by atoms with Crippen molar-refractivity contribution in [1.82, 2.24) is 5.32 Å². The van der Waals surface area contributed by atoms with Crippen molar-refractivity contribution in [1.29, 1.82) is 0 Å². The molecule has 0 fully saturated rings. The van der Waals surface area contributed by atoms with Crippen LogP contribution in [0.25, 0.3) is 0 Å². The van der Waals surface area contributed by atoms with E-state index in [1.165, 1.54) is 15.9 Å². The molecule has 146 valence electrons. The molecular weight excluding hydrogens is 385 g/mol. The lowest BCUT2D eigenvalue weighted by Crippen LogP contribution is -3.00. The third-order valence-electron chi connectivity index (χ3n) is 4.82. The van der Waals surface area contributed by atoms with Crippen molar-refractivity contribution in [2.24, 2.45) is 0 Å². The zero-order chi connectivity index (χ0) is 19.0. The van der Waals surface area contributed by atoms with Crippen LogP contribution in [-0.4, -0.2) is 18.6 Å². The molecule has 0 radical (unpaired) electrons.